The van der Waals surface area contributed by atoms with Crippen LogP contribution in [0.5, 0.6) is 0 Å². The Morgan fingerprint density at radius 2 is 1.61 bits per heavy atom. The Kier molecular flexibility index (Phi) is 8.89. The first-order valence-electron chi connectivity index (χ1n) is 9.97. The summed E-state index contributed by atoms with van der Waals surface area (Å²) in [4.78, 5) is 20.8. The summed E-state index contributed by atoms with van der Waals surface area (Å²) in [5.74, 6) is -3.65. The quantitative estimate of drug-likeness (QED) is 0.563. The Labute approximate surface area is 169 Å². The van der Waals surface area contributed by atoms with Crippen LogP contribution in [0.1, 0.15) is 65.4 Å². The van der Waals surface area contributed by atoms with Gasteiger partial charge in [0.15, 0.2) is 0 Å². The molecule has 1 aromatic rings. The van der Waals surface area contributed by atoms with Crippen molar-refractivity contribution in [2.75, 3.05) is 13.6 Å². The van der Waals surface area contributed by atoms with E-state index in [-0.39, 0.29) is 11.0 Å². The monoisotopic (exact) mass is 389 g/mol. The van der Waals surface area contributed by atoms with Gasteiger partial charge in [0, 0.05) is 17.5 Å². The van der Waals surface area contributed by atoms with Gasteiger partial charge in [-0.3, -0.25) is 4.90 Å². The average Bonchev–Trinajstić information content (AvgIpc) is 2.67. The van der Waals surface area contributed by atoms with Crippen LogP contribution >= 0.6 is 0 Å². The molecule has 0 heterocycles. The molecule has 1 fully saturated rings. The zero-order valence-electron chi connectivity index (χ0n) is 17.9. The SMILES string of the molecule is CCC1(N(C)CC=C(C)C)CCCCC1(C)c1ccccc1.O=C(O)C(=O)O. The topological polar surface area (TPSA) is 77.8 Å². The molecule has 156 valence electrons. The van der Waals surface area contributed by atoms with E-state index >= 15 is 0 Å². The number of rotatable bonds is 5. The van der Waals surface area contributed by atoms with Gasteiger partial charge in [-0.05, 0) is 45.7 Å². The smallest absolute Gasteiger partial charge is 0.414 e. The number of hydrogen-bond donors (Lipinski definition) is 2. The van der Waals surface area contributed by atoms with Gasteiger partial charge in [0.05, 0.1) is 0 Å². The standard InChI is InChI=1S/C21H33N.C2H2O4/c1-6-21(22(5)17-14-18(2)3)16-11-10-15-20(21,4)19-12-8-7-9-13-19;3-1(4)2(5)6/h7-9,12-14H,6,10-11,15-17H2,1-5H3;(H,3,4)(H,5,6). The molecule has 1 aromatic carbocycles. The number of benzene rings is 1. The van der Waals surface area contributed by atoms with Gasteiger partial charge in [0.2, 0.25) is 0 Å². The first-order valence-corrected chi connectivity index (χ1v) is 9.97. The minimum atomic E-state index is -1.82. The van der Waals surface area contributed by atoms with Gasteiger partial charge in [0.1, 0.15) is 0 Å². The molecule has 28 heavy (non-hydrogen) atoms. The third-order valence-electron chi connectivity index (χ3n) is 6.23. The summed E-state index contributed by atoms with van der Waals surface area (Å²) in [6.45, 7) is 10.3. The number of hydrogen-bond acceptors (Lipinski definition) is 3. The highest BCUT2D eigenvalue weighted by Crippen LogP contribution is 2.50. The van der Waals surface area contributed by atoms with E-state index in [4.69, 9.17) is 19.8 Å². The molecule has 0 amide bonds. The molecule has 0 bridgehead atoms. The van der Waals surface area contributed by atoms with Crippen LogP contribution in [0.15, 0.2) is 42.0 Å². The molecular weight excluding hydrogens is 354 g/mol. The Hall–Kier alpha value is -2.14. The van der Waals surface area contributed by atoms with Crippen molar-refractivity contribution in [3.8, 4) is 0 Å². The number of carboxylic acid groups (broad SMARTS) is 2. The molecule has 5 nitrogen and oxygen atoms in total. The zero-order valence-corrected chi connectivity index (χ0v) is 17.9. The molecule has 2 N–H and O–H groups in total. The van der Waals surface area contributed by atoms with Crippen LogP contribution < -0.4 is 0 Å². The van der Waals surface area contributed by atoms with Crippen molar-refractivity contribution in [1.82, 2.24) is 4.90 Å². The fraction of sp³-hybridized carbons (Fsp3) is 0.565. The van der Waals surface area contributed by atoms with Crippen molar-refractivity contribution in [2.45, 2.75) is 70.8 Å². The molecule has 1 saturated carbocycles. The molecule has 0 spiro atoms. The normalized spacial score (nSPS) is 24.1. The van der Waals surface area contributed by atoms with E-state index in [0.717, 1.165) is 6.54 Å². The largest absolute Gasteiger partial charge is 0.473 e. The lowest BCUT2D eigenvalue weighted by molar-refractivity contribution is -0.159. The number of allylic oxidation sites excluding steroid dienone is 1. The number of aliphatic carboxylic acids is 2. The average molecular weight is 390 g/mol. The fourth-order valence-electron chi connectivity index (χ4n) is 4.57. The Bertz CT molecular complexity index is 669. The van der Waals surface area contributed by atoms with Crippen molar-refractivity contribution in [2.24, 2.45) is 0 Å². The first kappa shape index (κ1) is 23.9. The minimum Gasteiger partial charge on any atom is -0.473 e. The molecule has 0 aromatic heterocycles. The highest BCUT2D eigenvalue weighted by Gasteiger charge is 2.51. The molecule has 0 saturated heterocycles. The van der Waals surface area contributed by atoms with Crippen molar-refractivity contribution in [3.05, 3.63) is 47.5 Å². The van der Waals surface area contributed by atoms with Crippen LogP contribution in [0, 0.1) is 0 Å². The summed E-state index contributed by atoms with van der Waals surface area (Å²) in [6.07, 6.45) is 8.90. The number of carbonyl (C=O) groups is 2. The van der Waals surface area contributed by atoms with E-state index in [0.29, 0.717) is 0 Å². The van der Waals surface area contributed by atoms with Crippen molar-refractivity contribution >= 4 is 11.9 Å². The van der Waals surface area contributed by atoms with E-state index < -0.39 is 11.9 Å². The third kappa shape index (κ3) is 5.44. The maximum Gasteiger partial charge on any atom is 0.414 e. The first-order chi connectivity index (χ1) is 13.1. The Balaban J connectivity index is 0.000000568. The van der Waals surface area contributed by atoms with Gasteiger partial charge in [-0.15, -0.1) is 0 Å². The lowest BCUT2D eigenvalue weighted by Crippen LogP contribution is -2.61. The van der Waals surface area contributed by atoms with Gasteiger partial charge in [-0.2, -0.15) is 0 Å². The van der Waals surface area contributed by atoms with Crippen LogP contribution in [0.25, 0.3) is 0 Å². The Morgan fingerprint density at radius 1 is 1.07 bits per heavy atom. The van der Waals surface area contributed by atoms with Gasteiger partial charge in [-0.25, -0.2) is 9.59 Å². The van der Waals surface area contributed by atoms with Gasteiger partial charge < -0.3 is 10.2 Å². The Morgan fingerprint density at radius 3 is 2.07 bits per heavy atom. The maximum absolute atomic E-state index is 9.10. The highest BCUT2D eigenvalue weighted by molar-refractivity contribution is 6.27. The number of carboxylic acids is 2. The lowest BCUT2D eigenvalue weighted by Gasteiger charge is -2.57. The minimum absolute atomic E-state index is 0.242. The maximum atomic E-state index is 9.10. The molecular formula is C23H35NO4. The second kappa shape index (κ2) is 10.4. The third-order valence-corrected chi connectivity index (χ3v) is 6.23. The molecule has 0 radical (unpaired) electrons. The molecule has 1 aliphatic carbocycles. The lowest BCUT2D eigenvalue weighted by atomic mass is 9.57. The predicted molar refractivity (Wildman–Crippen MR) is 113 cm³/mol. The molecule has 2 unspecified atom stereocenters. The van der Waals surface area contributed by atoms with Gasteiger partial charge in [-0.1, -0.05) is 68.7 Å². The summed E-state index contributed by atoms with van der Waals surface area (Å²) in [5, 5.41) is 14.8. The van der Waals surface area contributed by atoms with Gasteiger partial charge >= 0.3 is 11.9 Å². The van der Waals surface area contributed by atoms with Crippen LogP contribution in [0.4, 0.5) is 0 Å². The second-order valence-electron chi connectivity index (χ2n) is 8.06. The molecule has 2 rings (SSSR count). The van der Waals surface area contributed by atoms with Crippen molar-refractivity contribution < 1.29 is 19.8 Å². The van der Waals surface area contributed by atoms with Crippen LogP contribution in [-0.2, 0) is 15.0 Å². The van der Waals surface area contributed by atoms with Crippen molar-refractivity contribution in [1.29, 1.82) is 0 Å². The summed E-state index contributed by atoms with van der Waals surface area (Å²) in [5.41, 5.74) is 3.43. The van der Waals surface area contributed by atoms with Crippen LogP contribution in [0.3, 0.4) is 0 Å². The second-order valence-corrected chi connectivity index (χ2v) is 8.06. The van der Waals surface area contributed by atoms with Crippen LogP contribution in [-0.4, -0.2) is 46.2 Å². The summed E-state index contributed by atoms with van der Waals surface area (Å²) in [6, 6.07) is 11.2. The zero-order chi connectivity index (χ0) is 21.4. The molecule has 2 atom stereocenters. The van der Waals surface area contributed by atoms with Crippen molar-refractivity contribution in [3.63, 3.8) is 0 Å². The number of nitrogens with zero attached hydrogens (tertiary/aromatic N) is 1. The van der Waals surface area contributed by atoms with E-state index in [1.165, 1.54) is 43.2 Å². The summed E-state index contributed by atoms with van der Waals surface area (Å²) >= 11 is 0. The number of likely N-dealkylation sites (N-methyl/N-ethyl adjacent to an activating group) is 1. The molecule has 5 heteroatoms. The molecule has 1 aliphatic rings. The van der Waals surface area contributed by atoms with Crippen LogP contribution in [0.2, 0.25) is 0 Å². The predicted octanol–water partition coefficient (Wildman–Crippen LogP) is 4.72. The van der Waals surface area contributed by atoms with E-state index in [1.807, 2.05) is 0 Å². The van der Waals surface area contributed by atoms with E-state index in [2.05, 4.69) is 76.1 Å². The molecule has 0 aliphatic heterocycles. The van der Waals surface area contributed by atoms with Gasteiger partial charge in [0.25, 0.3) is 0 Å². The summed E-state index contributed by atoms with van der Waals surface area (Å²) in [7, 11) is 2.33. The fourth-order valence-corrected chi connectivity index (χ4v) is 4.57. The summed E-state index contributed by atoms with van der Waals surface area (Å²) < 4.78 is 0. The highest BCUT2D eigenvalue weighted by atomic mass is 16.4. The van der Waals surface area contributed by atoms with E-state index in [9.17, 15) is 0 Å². The van der Waals surface area contributed by atoms with E-state index in [1.54, 1.807) is 0 Å².